The molecule has 2 atom stereocenters. The summed E-state index contributed by atoms with van der Waals surface area (Å²) in [4.78, 5) is 20.9. The van der Waals surface area contributed by atoms with E-state index in [1.807, 2.05) is 4.90 Å². The van der Waals surface area contributed by atoms with Crippen LogP contribution in [-0.2, 0) is 4.79 Å². The second-order valence-electron chi connectivity index (χ2n) is 5.11. The van der Waals surface area contributed by atoms with Gasteiger partial charge >= 0.3 is 0 Å². The lowest BCUT2D eigenvalue weighted by Crippen LogP contribution is -2.54. The molecule has 6 nitrogen and oxygen atoms in total. The number of rotatable bonds is 1. The molecule has 1 amide bonds. The number of amides is 1. The molecule has 1 aromatic heterocycles. The Morgan fingerprint density at radius 1 is 1.47 bits per heavy atom. The standard InChI is InChI=1S/C12H16FN5O/c13-8-5-15-12(14)17-11(8)18-4-3-9-7(6-18)1-2-10(19)16-9/h5,7,9H,1-4,6H2,(H,16,19)(H2,14,15,17). The third-order valence-corrected chi connectivity index (χ3v) is 3.87. The Kier molecular flexibility index (Phi) is 2.96. The predicted octanol–water partition coefficient (Wildman–Crippen LogP) is 0.303. The van der Waals surface area contributed by atoms with Gasteiger partial charge in [0, 0.05) is 25.6 Å². The van der Waals surface area contributed by atoms with Gasteiger partial charge in [-0.1, -0.05) is 0 Å². The molecule has 3 N–H and O–H groups in total. The summed E-state index contributed by atoms with van der Waals surface area (Å²) in [6.45, 7) is 1.35. The summed E-state index contributed by atoms with van der Waals surface area (Å²) in [5.74, 6) is 0.361. The molecule has 1 aromatic rings. The number of carbonyl (C=O) groups excluding carboxylic acids is 1. The number of nitrogens with one attached hydrogen (secondary N) is 1. The fraction of sp³-hybridized carbons (Fsp3) is 0.583. The van der Waals surface area contributed by atoms with E-state index in [0.29, 0.717) is 25.4 Å². The molecule has 2 unspecified atom stereocenters. The van der Waals surface area contributed by atoms with Gasteiger partial charge in [0.05, 0.1) is 6.20 Å². The molecule has 0 saturated carbocycles. The topological polar surface area (TPSA) is 84.1 Å². The van der Waals surface area contributed by atoms with Gasteiger partial charge in [-0.15, -0.1) is 0 Å². The molecule has 2 fully saturated rings. The fourth-order valence-electron chi connectivity index (χ4n) is 2.90. The quantitative estimate of drug-likeness (QED) is 0.763. The summed E-state index contributed by atoms with van der Waals surface area (Å²) < 4.78 is 13.7. The first-order chi connectivity index (χ1) is 9.13. The summed E-state index contributed by atoms with van der Waals surface area (Å²) in [7, 11) is 0. The Morgan fingerprint density at radius 3 is 3.16 bits per heavy atom. The first kappa shape index (κ1) is 12.1. The van der Waals surface area contributed by atoms with E-state index >= 15 is 0 Å². The largest absolute Gasteiger partial charge is 0.368 e. The van der Waals surface area contributed by atoms with Crippen LogP contribution in [0, 0.1) is 11.7 Å². The number of nitrogen functional groups attached to an aromatic ring is 1. The minimum Gasteiger partial charge on any atom is -0.368 e. The Labute approximate surface area is 110 Å². The van der Waals surface area contributed by atoms with Crippen molar-refractivity contribution < 1.29 is 9.18 Å². The Hall–Kier alpha value is -1.92. The van der Waals surface area contributed by atoms with Gasteiger partial charge in [-0.3, -0.25) is 4.79 Å². The second-order valence-corrected chi connectivity index (χ2v) is 5.11. The fourth-order valence-corrected chi connectivity index (χ4v) is 2.90. The van der Waals surface area contributed by atoms with Crippen molar-refractivity contribution in [3.63, 3.8) is 0 Å². The van der Waals surface area contributed by atoms with Crippen LogP contribution in [0.5, 0.6) is 0 Å². The molecule has 0 radical (unpaired) electrons. The summed E-state index contributed by atoms with van der Waals surface area (Å²) in [6.07, 6.45) is 3.30. The number of carbonyl (C=O) groups is 1. The van der Waals surface area contributed by atoms with Gasteiger partial charge in [0.1, 0.15) is 0 Å². The Balaban J connectivity index is 1.77. The Bertz CT molecular complexity index is 509. The lowest BCUT2D eigenvalue weighted by molar-refractivity contribution is -0.124. The molecule has 19 heavy (non-hydrogen) atoms. The second kappa shape index (κ2) is 4.64. The van der Waals surface area contributed by atoms with Crippen molar-refractivity contribution in [3.8, 4) is 0 Å². The van der Waals surface area contributed by atoms with Gasteiger partial charge in [0.25, 0.3) is 0 Å². The minimum absolute atomic E-state index is 0.0791. The summed E-state index contributed by atoms with van der Waals surface area (Å²) in [6, 6.07) is 0.208. The van der Waals surface area contributed by atoms with Gasteiger partial charge in [-0.25, -0.2) is 9.37 Å². The third-order valence-electron chi connectivity index (χ3n) is 3.87. The van der Waals surface area contributed by atoms with E-state index in [1.54, 1.807) is 0 Å². The number of piperidine rings is 2. The maximum absolute atomic E-state index is 13.7. The van der Waals surface area contributed by atoms with Crippen molar-refractivity contribution in [1.29, 1.82) is 0 Å². The number of nitrogens with two attached hydrogens (primary N) is 1. The van der Waals surface area contributed by atoms with E-state index in [4.69, 9.17) is 5.73 Å². The van der Waals surface area contributed by atoms with Crippen LogP contribution in [0.1, 0.15) is 19.3 Å². The molecule has 3 heterocycles. The molecule has 0 aliphatic carbocycles. The maximum atomic E-state index is 13.7. The van der Waals surface area contributed by atoms with Crippen LogP contribution in [0.2, 0.25) is 0 Å². The molecule has 2 aliphatic rings. The van der Waals surface area contributed by atoms with E-state index < -0.39 is 5.82 Å². The zero-order valence-electron chi connectivity index (χ0n) is 10.5. The third kappa shape index (κ3) is 2.32. The van der Waals surface area contributed by atoms with Gasteiger partial charge in [-0.05, 0) is 18.8 Å². The maximum Gasteiger partial charge on any atom is 0.222 e. The van der Waals surface area contributed by atoms with E-state index in [-0.39, 0.29) is 23.7 Å². The molecule has 0 aromatic carbocycles. The van der Waals surface area contributed by atoms with Crippen LogP contribution >= 0.6 is 0 Å². The number of halogens is 1. The number of hydrogen-bond acceptors (Lipinski definition) is 5. The smallest absolute Gasteiger partial charge is 0.222 e. The normalized spacial score (nSPS) is 26.8. The lowest BCUT2D eigenvalue weighted by atomic mass is 9.85. The summed E-state index contributed by atoms with van der Waals surface area (Å²) in [5, 5.41) is 3.00. The predicted molar refractivity (Wildman–Crippen MR) is 67.9 cm³/mol. The first-order valence-corrected chi connectivity index (χ1v) is 6.46. The van der Waals surface area contributed by atoms with E-state index in [2.05, 4.69) is 15.3 Å². The number of aromatic nitrogens is 2. The molecular formula is C12H16FN5O. The number of nitrogens with zero attached hydrogens (tertiary/aromatic N) is 3. The average molecular weight is 265 g/mol. The number of anilines is 2. The number of hydrogen-bond donors (Lipinski definition) is 2. The van der Waals surface area contributed by atoms with E-state index in [1.165, 1.54) is 0 Å². The van der Waals surface area contributed by atoms with Crippen LogP contribution in [-0.4, -0.2) is 35.0 Å². The molecule has 7 heteroatoms. The average Bonchev–Trinajstić information content (AvgIpc) is 2.41. The molecule has 3 rings (SSSR count). The first-order valence-electron chi connectivity index (χ1n) is 6.46. The van der Waals surface area contributed by atoms with Crippen LogP contribution in [0.15, 0.2) is 6.20 Å². The highest BCUT2D eigenvalue weighted by atomic mass is 19.1. The van der Waals surface area contributed by atoms with Gasteiger partial charge in [0.15, 0.2) is 11.6 Å². The van der Waals surface area contributed by atoms with Crippen LogP contribution in [0.3, 0.4) is 0 Å². The molecule has 0 bridgehead atoms. The van der Waals surface area contributed by atoms with Crippen LogP contribution in [0.4, 0.5) is 16.2 Å². The zero-order chi connectivity index (χ0) is 13.4. The van der Waals surface area contributed by atoms with Crippen LogP contribution in [0.25, 0.3) is 0 Å². The summed E-state index contributed by atoms with van der Waals surface area (Å²) in [5.41, 5.74) is 5.51. The molecule has 2 saturated heterocycles. The molecule has 0 spiro atoms. The van der Waals surface area contributed by atoms with Crippen molar-refractivity contribution in [1.82, 2.24) is 15.3 Å². The van der Waals surface area contributed by atoms with Crippen molar-refractivity contribution in [2.45, 2.75) is 25.3 Å². The van der Waals surface area contributed by atoms with Gasteiger partial charge < -0.3 is 16.0 Å². The van der Waals surface area contributed by atoms with E-state index in [9.17, 15) is 9.18 Å². The molecular weight excluding hydrogens is 249 g/mol. The Morgan fingerprint density at radius 2 is 2.32 bits per heavy atom. The van der Waals surface area contributed by atoms with Crippen molar-refractivity contribution >= 4 is 17.7 Å². The highest BCUT2D eigenvalue weighted by Crippen LogP contribution is 2.29. The molecule has 102 valence electrons. The van der Waals surface area contributed by atoms with Gasteiger partial charge in [-0.2, -0.15) is 4.98 Å². The zero-order valence-corrected chi connectivity index (χ0v) is 10.5. The lowest BCUT2D eigenvalue weighted by Gasteiger charge is -2.41. The minimum atomic E-state index is -0.451. The SMILES string of the molecule is Nc1ncc(F)c(N2CCC3NC(=O)CCC3C2)n1. The van der Waals surface area contributed by atoms with E-state index in [0.717, 1.165) is 19.0 Å². The van der Waals surface area contributed by atoms with Crippen molar-refractivity contribution in [2.24, 2.45) is 5.92 Å². The van der Waals surface area contributed by atoms with Crippen molar-refractivity contribution in [2.75, 3.05) is 23.7 Å². The monoisotopic (exact) mass is 265 g/mol. The highest BCUT2D eigenvalue weighted by Gasteiger charge is 2.34. The van der Waals surface area contributed by atoms with Crippen molar-refractivity contribution in [3.05, 3.63) is 12.0 Å². The summed E-state index contributed by atoms with van der Waals surface area (Å²) >= 11 is 0. The van der Waals surface area contributed by atoms with Gasteiger partial charge in [0.2, 0.25) is 11.9 Å². The molecule has 2 aliphatic heterocycles. The highest BCUT2D eigenvalue weighted by molar-refractivity contribution is 5.77. The van der Waals surface area contributed by atoms with Crippen LogP contribution < -0.4 is 16.0 Å². The number of fused-ring (bicyclic) bond motifs is 1.